The highest BCUT2D eigenvalue weighted by molar-refractivity contribution is 5.85. The zero-order valence-electron chi connectivity index (χ0n) is 16.1. The molecule has 2 heterocycles. The largest absolute Gasteiger partial charge is 0.435 e. The molecule has 0 aliphatic carbocycles. The molecule has 3 rings (SSSR count). The van der Waals surface area contributed by atoms with Gasteiger partial charge in [0.25, 0.3) is 0 Å². The van der Waals surface area contributed by atoms with Gasteiger partial charge in [0.2, 0.25) is 5.91 Å². The molecule has 1 aliphatic heterocycles. The lowest BCUT2D eigenvalue weighted by molar-refractivity contribution is -0.132. The van der Waals surface area contributed by atoms with E-state index in [1.807, 2.05) is 18.3 Å². The summed E-state index contributed by atoms with van der Waals surface area (Å²) in [6.45, 7) is 0.246. The number of nitrogens with zero attached hydrogens (tertiary/aromatic N) is 3. The number of alkyl halides is 2. The Morgan fingerprint density at radius 1 is 1.34 bits per heavy atom. The molecule has 1 fully saturated rings. The lowest BCUT2D eigenvalue weighted by Crippen LogP contribution is -2.49. The quantitative estimate of drug-likeness (QED) is 0.737. The summed E-state index contributed by atoms with van der Waals surface area (Å²) in [7, 11) is 1.74. The Kier molecular flexibility index (Phi) is 8.75. The van der Waals surface area contributed by atoms with Gasteiger partial charge in [0.1, 0.15) is 5.75 Å². The fraction of sp³-hybridized carbons (Fsp3) is 0.400. The number of hydrogen-bond acceptors (Lipinski definition) is 5. The second-order valence-corrected chi connectivity index (χ2v) is 6.75. The summed E-state index contributed by atoms with van der Waals surface area (Å²) in [5, 5.41) is 3.36. The molecule has 0 spiro atoms. The Hall–Kier alpha value is -2.29. The van der Waals surface area contributed by atoms with E-state index in [1.54, 1.807) is 30.3 Å². The third-order valence-corrected chi connectivity index (χ3v) is 4.76. The minimum Gasteiger partial charge on any atom is -0.435 e. The van der Waals surface area contributed by atoms with Gasteiger partial charge in [-0.25, -0.2) is 0 Å². The van der Waals surface area contributed by atoms with Crippen LogP contribution in [0.3, 0.4) is 0 Å². The minimum absolute atomic E-state index is 0. The van der Waals surface area contributed by atoms with E-state index in [-0.39, 0.29) is 30.1 Å². The SMILES string of the molecule is CN(Cc1ccc(OC(F)F)cc1)C(=O)CN1CCNCC1c1cccnc1.Cl. The molecule has 0 bridgehead atoms. The Balaban J connectivity index is 0.00000300. The number of benzene rings is 1. The van der Waals surface area contributed by atoms with E-state index in [9.17, 15) is 13.6 Å². The first-order valence-electron chi connectivity index (χ1n) is 9.15. The Morgan fingerprint density at radius 2 is 2.10 bits per heavy atom. The van der Waals surface area contributed by atoms with Crippen LogP contribution in [0.25, 0.3) is 0 Å². The number of rotatable bonds is 7. The lowest BCUT2D eigenvalue weighted by Gasteiger charge is -2.36. The molecule has 1 N–H and O–H groups in total. The van der Waals surface area contributed by atoms with Crippen molar-refractivity contribution in [3.05, 3.63) is 59.9 Å². The van der Waals surface area contributed by atoms with Gasteiger partial charge in [0.15, 0.2) is 0 Å². The van der Waals surface area contributed by atoms with Gasteiger partial charge in [-0.05, 0) is 29.3 Å². The van der Waals surface area contributed by atoms with Crippen LogP contribution in [-0.2, 0) is 11.3 Å². The topological polar surface area (TPSA) is 57.7 Å². The van der Waals surface area contributed by atoms with Crippen molar-refractivity contribution in [1.82, 2.24) is 20.1 Å². The number of carbonyl (C=O) groups excluding carboxylic acids is 1. The van der Waals surface area contributed by atoms with Crippen LogP contribution in [0.5, 0.6) is 5.75 Å². The predicted molar refractivity (Wildman–Crippen MR) is 108 cm³/mol. The van der Waals surface area contributed by atoms with Crippen molar-refractivity contribution in [3.8, 4) is 5.75 Å². The van der Waals surface area contributed by atoms with Gasteiger partial charge in [-0.3, -0.25) is 14.7 Å². The molecule has 1 saturated heterocycles. The molecule has 158 valence electrons. The molecular formula is C20H25ClF2N4O2. The summed E-state index contributed by atoms with van der Waals surface area (Å²) in [4.78, 5) is 20.7. The van der Waals surface area contributed by atoms with Gasteiger partial charge in [0.05, 0.1) is 6.54 Å². The number of pyridine rings is 1. The van der Waals surface area contributed by atoms with E-state index in [0.717, 1.165) is 30.8 Å². The third-order valence-electron chi connectivity index (χ3n) is 4.76. The Labute approximate surface area is 175 Å². The molecule has 1 aliphatic rings. The number of halogens is 3. The molecule has 1 atom stereocenters. The van der Waals surface area contributed by atoms with Gasteiger partial charge in [0, 0.05) is 51.7 Å². The molecule has 2 aromatic rings. The van der Waals surface area contributed by atoms with Crippen LogP contribution < -0.4 is 10.1 Å². The van der Waals surface area contributed by atoms with Crippen LogP contribution >= 0.6 is 12.4 Å². The standard InChI is InChI=1S/C20H24F2N4O2.ClH/c1-25(13-15-4-6-17(7-5-15)28-20(21)22)19(27)14-26-10-9-24-12-18(26)16-3-2-8-23-11-16;/h2-8,11,18,20,24H,9-10,12-14H2,1H3;1H. The molecule has 1 aromatic carbocycles. The maximum absolute atomic E-state index is 12.7. The first-order valence-corrected chi connectivity index (χ1v) is 9.15. The third kappa shape index (κ3) is 6.62. The monoisotopic (exact) mass is 426 g/mol. The number of hydrogen-bond donors (Lipinski definition) is 1. The van der Waals surface area contributed by atoms with Crippen molar-refractivity contribution < 1.29 is 18.3 Å². The molecule has 0 saturated carbocycles. The summed E-state index contributed by atoms with van der Waals surface area (Å²) in [5.41, 5.74) is 1.93. The van der Waals surface area contributed by atoms with Crippen LogP contribution in [0.15, 0.2) is 48.8 Å². The Bertz CT molecular complexity index is 765. The zero-order chi connectivity index (χ0) is 19.9. The van der Waals surface area contributed by atoms with Gasteiger partial charge >= 0.3 is 6.61 Å². The van der Waals surface area contributed by atoms with Crippen LogP contribution in [0.1, 0.15) is 17.2 Å². The Morgan fingerprint density at radius 3 is 2.76 bits per heavy atom. The van der Waals surface area contributed by atoms with E-state index in [0.29, 0.717) is 13.1 Å². The van der Waals surface area contributed by atoms with Crippen molar-refractivity contribution in [1.29, 1.82) is 0 Å². The summed E-state index contributed by atoms with van der Waals surface area (Å²) in [5.74, 6) is 0.108. The second-order valence-electron chi connectivity index (χ2n) is 6.75. The molecular weight excluding hydrogens is 402 g/mol. The molecule has 9 heteroatoms. The number of aromatic nitrogens is 1. The predicted octanol–water partition coefficient (Wildman–Crippen LogP) is 2.71. The number of nitrogens with one attached hydrogen (secondary N) is 1. The number of amides is 1. The maximum atomic E-state index is 12.7. The van der Waals surface area contributed by atoms with E-state index < -0.39 is 6.61 Å². The highest BCUT2D eigenvalue weighted by Gasteiger charge is 2.26. The van der Waals surface area contributed by atoms with Crippen molar-refractivity contribution in [2.75, 3.05) is 33.2 Å². The number of likely N-dealkylation sites (N-methyl/N-ethyl adjacent to an activating group) is 1. The van der Waals surface area contributed by atoms with Crippen molar-refractivity contribution in [2.45, 2.75) is 19.2 Å². The van der Waals surface area contributed by atoms with E-state index in [4.69, 9.17) is 0 Å². The van der Waals surface area contributed by atoms with Crippen LogP contribution in [0.2, 0.25) is 0 Å². The van der Waals surface area contributed by atoms with Crippen LogP contribution in [0, 0.1) is 0 Å². The highest BCUT2D eigenvalue weighted by Crippen LogP contribution is 2.21. The first kappa shape index (κ1) is 23.0. The second kappa shape index (κ2) is 11.0. The fourth-order valence-electron chi connectivity index (χ4n) is 3.27. The number of carbonyl (C=O) groups is 1. The van der Waals surface area contributed by atoms with E-state index in [2.05, 4.69) is 19.9 Å². The number of piperazine rings is 1. The molecule has 1 aromatic heterocycles. The summed E-state index contributed by atoms with van der Waals surface area (Å²) < 4.78 is 28.8. The summed E-state index contributed by atoms with van der Waals surface area (Å²) >= 11 is 0. The van der Waals surface area contributed by atoms with E-state index in [1.165, 1.54) is 12.1 Å². The van der Waals surface area contributed by atoms with Gasteiger partial charge in [-0.1, -0.05) is 18.2 Å². The van der Waals surface area contributed by atoms with Gasteiger partial charge in [-0.2, -0.15) is 8.78 Å². The first-order chi connectivity index (χ1) is 13.5. The van der Waals surface area contributed by atoms with E-state index >= 15 is 0 Å². The molecule has 29 heavy (non-hydrogen) atoms. The molecule has 1 amide bonds. The maximum Gasteiger partial charge on any atom is 0.387 e. The molecule has 0 radical (unpaired) electrons. The van der Waals surface area contributed by atoms with Gasteiger partial charge < -0.3 is 15.0 Å². The van der Waals surface area contributed by atoms with Gasteiger partial charge in [-0.15, -0.1) is 12.4 Å². The average molecular weight is 427 g/mol. The highest BCUT2D eigenvalue weighted by atomic mass is 35.5. The summed E-state index contributed by atoms with van der Waals surface area (Å²) in [6, 6.07) is 10.4. The fourth-order valence-corrected chi connectivity index (χ4v) is 3.27. The normalized spacial score (nSPS) is 16.9. The zero-order valence-corrected chi connectivity index (χ0v) is 16.9. The number of ether oxygens (including phenoxy) is 1. The minimum atomic E-state index is -2.85. The molecule has 6 nitrogen and oxygen atoms in total. The smallest absolute Gasteiger partial charge is 0.387 e. The average Bonchev–Trinajstić information content (AvgIpc) is 2.70. The van der Waals surface area contributed by atoms with Crippen molar-refractivity contribution >= 4 is 18.3 Å². The van der Waals surface area contributed by atoms with Crippen molar-refractivity contribution in [3.63, 3.8) is 0 Å². The van der Waals surface area contributed by atoms with Crippen LogP contribution in [-0.4, -0.2) is 60.5 Å². The summed E-state index contributed by atoms with van der Waals surface area (Å²) in [6.07, 6.45) is 3.57. The van der Waals surface area contributed by atoms with Crippen LogP contribution in [0.4, 0.5) is 8.78 Å². The van der Waals surface area contributed by atoms with Crippen molar-refractivity contribution in [2.24, 2.45) is 0 Å². The lowest BCUT2D eigenvalue weighted by atomic mass is 10.1. The molecule has 1 unspecified atom stereocenters.